The van der Waals surface area contributed by atoms with Crippen molar-refractivity contribution >= 4 is 17.7 Å². The van der Waals surface area contributed by atoms with Crippen LogP contribution in [0.25, 0.3) is 0 Å². The van der Waals surface area contributed by atoms with Crippen molar-refractivity contribution in [1.29, 1.82) is 0 Å². The average molecular weight is 365 g/mol. The van der Waals surface area contributed by atoms with Gasteiger partial charge in [-0.05, 0) is 50.3 Å². The minimum absolute atomic E-state index is 0.221. The lowest BCUT2D eigenvalue weighted by molar-refractivity contribution is -0.131. The molecule has 1 fully saturated rings. The van der Waals surface area contributed by atoms with Gasteiger partial charge in [0.2, 0.25) is 0 Å². The zero-order chi connectivity index (χ0) is 19.3. The second kappa shape index (κ2) is 6.08. The SMILES string of the molecule is Cc1cc(C(=O)CN2C(=O)NC3(CCCc4ccccc43)C2=O)c(C)n1C. The summed E-state index contributed by atoms with van der Waals surface area (Å²) in [6, 6.07) is 9.05. The number of ketones is 1. The Morgan fingerprint density at radius 2 is 1.96 bits per heavy atom. The predicted molar refractivity (Wildman–Crippen MR) is 101 cm³/mol. The molecule has 1 N–H and O–H groups in total. The molecule has 1 aliphatic carbocycles. The first-order valence-electron chi connectivity index (χ1n) is 9.24. The van der Waals surface area contributed by atoms with Crippen molar-refractivity contribution in [2.24, 2.45) is 7.05 Å². The third kappa shape index (κ3) is 2.51. The van der Waals surface area contributed by atoms with Crippen molar-refractivity contribution < 1.29 is 14.4 Å². The summed E-state index contributed by atoms with van der Waals surface area (Å²) in [6.07, 6.45) is 2.27. The van der Waals surface area contributed by atoms with E-state index in [-0.39, 0.29) is 18.2 Å². The third-order valence-electron chi connectivity index (χ3n) is 6.03. The number of rotatable bonds is 3. The summed E-state index contributed by atoms with van der Waals surface area (Å²) in [4.78, 5) is 39.8. The molecule has 0 radical (unpaired) electrons. The summed E-state index contributed by atoms with van der Waals surface area (Å²) in [7, 11) is 1.89. The molecule has 2 aliphatic rings. The Labute approximate surface area is 158 Å². The minimum atomic E-state index is -1.03. The standard InChI is InChI=1S/C21H23N3O3/c1-13-11-16(14(2)23(13)3)18(25)12-24-19(26)21(22-20(24)27)10-6-8-15-7-4-5-9-17(15)21/h4-5,7,9,11H,6,8,10,12H2,1-3H3,(H,22,27). The number of nitrogens with one attached hydrogen (secondary N) is 1. The van der Waals surface area contributed by atoms with Crippen LogP contribution in [0.15, 0.2) is 30.3 Å². The molecule has 4 rings (SSSR count). The van der Waals surface area contributed by atoms with Crippen LogP contribution in [0.4, 0.5) is 4.79 Å². The molecule has 1 aromatic carbocycles. The largest absolute Gasteiger partial charge is 0.351 e. The highest BCUT2D eigenvalue weighted by molar-refractivity contribution is 6.11. The Balaban J connectivity index is 1.65. The molecule has 1 spiro atoms. The summed E-state index contributed by atoms with van der Waals surface area (Å²) in [6.45, 7) is 3.55. The van der Waals surface area contributed by atoms with E-state index >= 15 is 0 Å². The summed E-state index contributed by atoms with van der Waals surface area (Å²) in [5.74, 6) is -0.542. The fourth-order valence-corrected chi connectivity index (χ4v) is 4.32. The number of fused-ring (bicyclic) bond motifs is 2. The van der Waals surface area contributed by atoms with Crippen molar-refractivity contribution in [3.05, 3.63) is 58.4 Å². The molecule has 6 nitrogen and oxygen atoms in total. The van der Waals surface area contributed by atoms with Crippen molar-refractivity contribution in [3.8, 4) is 0 Å². The lowest BCUT2D eigenvalue weighted by Gasteiger charge is -2.33. The molecule has 6 heteroatoms. The maximum Gasteiger partial charge on any atom is 0.325 e. The molecule has 2 heterocycles. The van der Waals surface area contributed by atoms with Gasteiger partial charge in [0.25, 0.3) is 5.91 Å². The summed E-state index contributed by atoms with van der Waals surface area (Å²) in [5, 5.41) is 2.89. The molecule has 140 valence electrons. The van der Waals surface area contributed by atoms with Crippen molar-refractivity contribution in [2.45, 2.75) is 38.6 Å². The maximum atomic E-state index is 13.3. The van der Waals surface area contributed by atoms with Crippen LogP contribution < -0.4 is 5.32 Å². The van der Waals surface area contributed by atoms with E-state index < -0.39 is 11.6 Å². The number of carbonyl (C=O) groups excluding carboxylic acids is 3. The van der Waals surface area contributed by atoms with Gasteiger partial charge >= 0.3 is 6.03 Å². The van der Waals surface area contributed by atoms with Crippen LogP contribution in [0, 0.1) is 13.8 Å². The quantitative estimate of drug-likeness (QED) is 0.671. The molecule has 2 aromatic rings. The van der Waals surface area contributed by atoms with Crippen LogP contribution in [-0.4, -0.2) is 33.7 Å². The van der Waals surface area contributed by atoms with Crippen LogP contribution >= 0.6 is 0 Å². The molecule has 1 aliphatic heterocycles. The van der Waals surface area contributed by atoms with Crippen LogP contribution in [0.5, 0.6) is 0 Å². The second-order valence-electron chi connectivity index (χ2n) is 7.50. The monoisotopic (exact) mass is 365 g/mol. The van der Waals surface area contributed by atoms with Crippen LogP contribution in [0.3, 0.4) is 0 Å². The number of carbonyl (C=O) groups is 3. The van der Waals surface area contributed by atoms with E-state index in [1.54, 1.807) is 0 Å². The first-order valence-corrected chi connectivity index (χ1v) is 9.24. The van der Waals surface area contributed by atoms with Crippen molar-refractivity contribution in [1.82, 2.24) is 14.8 Å². The molecular weight excluding hydrogens is 342 g/mol. The Kier molecular flexibility index (Phi) is 3.94. The Hall–Kier alpha value is -2.89. The maximum absolute atomic E-state index is 13.3. The number of Topliss-reactive ketones (excluding diaryl/α,β-unsaturated/α-hetero) is 1. The predicted octanol–water partition coefficient (Wildman–Crippen LogP) is 2.61. The number of urea groups is 1. The van der Waals surface area contributed by atoms with Crippen LogP contribution in [0.1, 0.15) is 45.7 Å². The zero-order valence-corrected chi connectivity index (χ0v) is 15.8. The smallest absolute Gasteiger partial charge is 0.325 e. The highest BCUT2D eigenvalue weighted by Gasteiger charge is 2.54. The lowest BCUT2D eigenvalue weighted by atomic mass is 9.76. The highest BCUT2D eigenvalue weighted by atomic mass is 16.2. The minimum Gasteiger partial charge on any atom is -0.351 e. The van der Waals surface area contributed by atoms with Gasteiger partial charge in [-0.15, -0.1) is 0 Å². The fourth-order valence-electron chi connectivity index (χ4n) is 4.32. The van der Waals surface area contributed by atoms with E-state index in [2.05, 4.69) is 5.32 Å². The average Bonchev–Trinajstić information content (AvgIpc) is 3.05. The first-order chi connectivity index (χ1) is 12.8. The molecule has 1 saturated heterocycles. The molecule has 1 unspecified atom stereocenters. The van der Waals surface area contributed by atoms with E-state index in [9.17, 15) is 14.4 Å². The number of amides is 3. The summed E-state index contributed by atoms with van der Waals surface area (Å²) < 4.78 is 1.93. The van der Waals surface area contributed by atoms with Gasteiger partial charge in [0.1, 0.15) is 5.54 Å². The molecule has 0 bridgehead atoms. The van der Waals surface area contributed by atoms with E-state index in [1.165, 1.54) is 0 Å². The van der Waals surface area contributed by atoms with E-state index in [1.807, 2.05) is 55.8 Å². The topological polar surface area (TPSA) is 71.4 Å². The first kappa shape index (κ1) is 17.5. The summed E-state index contributed by atoms with van der Waals surface area (Å²) >= 11 is 0. The Morgan fingerprint density at radius 1 is 1.22 bits per heavy atom. The Morgan fingerprint density at radius 3 is 2.67 bits per heavy atom. The van der Waals surface area contributed by atoms with Crippen molar-refractivity contribution in [3.63, 3.8) is 0 Å². The molecule has 1 aromatic heterocycles. The van der Waals surface area contributed by atoms with Gasteiger partial charge in [0.15, 0.2) is 5.78 Å². The fraction of sp³-hybridized carbons (Fsp3) is 0.381. The van der Waals surface area contributed by atoms with E-state index in [0.717, 1.165) is 40.3 Å². The molecule has 27 heavy (non-hydrogen) atoms. The summed E-state index contributed by atoms with van der Waals surface area (Å²) in [5.41, 5.74) is 3.26. The van der Waals surface area contributed by atoms with Gasteiger partial charge in [0, 0.05) is 24.0 Å². The van der Waals surface area contributed by atoms with Gasteiger partial charge in [-0.1, -0.05) is 24.3 Å². The van der Waals surface area contributed by atoms with Gasteiger partial charge in [-0.2, -0.15) is 0 Å². The van der Waals surface area contributed by atoms with E-state index in [4.69, 9.17) is 0 Å². The second-order valence-corrected chi connectivity index (χ2v) is 7.50. The van der Waals surface area contributed by atoms with Gasteiger partial charge in [0.05, 0.1) is 6.54 Å². The van der Waals surface area contributed by atoms with Crippen LogP contribution in [0.2, 0.25) is 0 Å². The number of imide groups is 1. The lowest BCUT2D eigenvalue weighted by Crippen LogP contribution is -2.46. The normalized spacial score (nSPS) is 21.5. The van der Waals surface area contributed by atoms with Gasteiger partial charge in [-0.3, -0.25) is 14.5 Å². The third-order valence-corrected chi connectivity index (χ3v) is 6.03. The molecule has 1 atom stereocenters. The number of aromatic nitrogens is 1. The number of nitrogens with zero attached hydrogens (tertiary/aromatic N) is 2. The molecule has 0 saturated carbocycles. The molecular formula is C21H23N3O3. The van der Waals surface area contributed by atoms with Crippen LogP contribution in [-0.2, 0) is 23.8 Å². The van der Waals surface area contributed by atoms with Gasteiger partial charge in [-0.25, -0.2) is 4.79 Å². The number of hydrogen-bond acceptors (Lipinski definition) is 3. The highest BCUT2D eigenvalue weighted by Crippen LogP contribution is 2.39. The van der Waals surface area contributed by atoms with Crippen molar-refractivity contribution in [2.75, 3.05) is 6.54 Å². The Bertz CT molecular complexity index is 975. The van der Waals surface area contributed by atoms with Gasteiger partial charge < -0.3 is 9.88 Å². The molecule has 3 amide bonds. The zero-order valence-electron chi connectivity index (χ0n) is 15.8. The number of hydrogen-bond donors (Lipinski definition) is 1. The van der Waals surface area contributed by atoms with E-state index in [0.29, 0.717) is 12.0 Å². The number of benzene rings is 1. The number of aryl methyl sites for hydroxylation is 2.